The summed E-state index contributed by atoms with van der Waals surface area (Å²) in [4.78, 5) is 0. The van der Waals surface area contributed by atoms with Gasteiger partial charge in [-0.1, -0.05) is 6.92 Å². The van der Waals surface area contributed by atoms with Crippen molar-refractivity contribution in [3.63, 3.8) is 0 Å². The molecule has 0 saturated carbocycles. The van der Waals surface area contributed by atoms with Crippen molar-refractivity contribution >= 4 is 16.3 Å². The van der Waals surface area contributed by atoms with Crippen LogP contribution in [0.4, 0.5) is 8.22 Å². The van der Waals surface area contributed by atoms with E-state index in [1.807, 2.05) is 0 Å². The lowest BCUT2D eigenvalue weighted by molar-refractivity contribution is 0.220. The Hall–Kier alpha value is 0.227. The second-order valence-corrected chi connectivity index (χ2v) is 8.59. The smallest absolute Gasteiger partial charge is 0.309 e. The molecule has 0 fully saturated rings. The predicted molar refractivity (Wildman–Crippen MR) is 63.6 cm³/mol. The molecule has 0 aromatic heterocycles. The zero-order valence-electron chi connectivity index (χ0n) is 10.2. The maximum atomic E-state index is 13.1. The Bertz CT molecular complexity index is 229. The van der Waals surface area contributed by atoms with Gasteiger partial charge in [-0.25, -0.2) is 0 Å². The number of hydrogen-bond donors (Lipinski definition) is 0. The van der Waals surface area contributed by atoms with Gasteiger partial charge in [0.2, 0.25) is 0 Å². The minimum Gasteiger partial charge on any atom is -0.309 e. The standard InChI is InChI=1S/C9H21F2O3PSi/c1-4-13-15(12,14-5-2)8-7-9-16(10,11)6-3/h4-9H2,1-3H3. The van der Waals surface area contributed by atoms with Crippen LogP contribution in [0, 0.1) is 0 Å². The van der Waals surface area contributed by atoms with E-state index >= 15 is 0 Å². The molecule has 0 spiro atoms. The summed E-state index contributed by atoms with van der Waals surface area (Å²) in [6, 6.07) is -0.186. The van der Waals surface area contributed by atoms with Gasteiger partial charge in [0.05, 0.1) is 19.4 Å². The first-order valence-electron chi connectivity index (χ1n) is 5.65. The predicted octanol–water partition coefficient (Wildman–Crippen LogP) is 4.04. The minimum absolute atomic E-state index is 0.0550. The van der Waals surface area contributed by atoms with E-state index in [4.69, 9.17) is 9.05 Å². The van der Waals surface area contributed by atoms with Gasteiger partial charge in [0.15, 0.2) is 0 Å². The van der Waals surface area contributed by atoms with Crippen LogP contribution in [-0.2, 0) is 13.6 Å². The molecule has 0 radical (unpaired) electrons. The zero-order chi connectivity index (χ0) is 12.7. The fraction of sp³-hybridized carbons (Fsp3) is 1.00. The van der Waals surface area contributed by atoms with Gasteiger partial charge >= 0.3 is 16.3 Å². The Labute approximate surface area is 97.4 Å². The Morgan fingerprint density at radius 1 is 1.12 bits per heavy atom. The third kappa shape index (κ3) is 6.73. The molecular weight excluding hydrogens is 253 g/mol. The monoisotopic (exact) mass is 274 g/mol. The van der Waals surface area contributed by atoms with Crippen LogP contribution in [0.2, 0.25) is 12.1 Å². The minimum atomic E-state index is -4.06. The van der Waals surface area contributed by atoms with Crippen molar-refractivity contribution in [1.82, 2.24) is 0 Å². The Morgan fingerprint density at radius 2 is 1.62 bits per heavy atom. The highest BCUT2D eigenvalue weighted by Crippen LogP contribution is 2.49. The van der Waals surface area contributed by atoms with E-state index < -0.39 is 16.3 Å². The quantitative estimate of drug-likeness (QED) is 0.361. The molecule has 0 atom stereocenters. The van der Waals surface area contributed by atoms with Gasteiger partial charge in [-0.2, -0.15) is 0 Å². The van der Waals surface area contributed by atoms with Gasteiger partial charge in [0.25, 0.3) is 0 Å². The molecule has 3 nitrogen and oxygen atoms in total. The second kappa shape index (κ2) is 7.53. The van der Waals surface area contributed by atoms with Crippen LogP contribution in [0.3, 0.4) is 0 Å². The Morgan fingerprint density at radius 3 is 2.00 bits per heavy atom. The number of hydrogen-bond acceptors (Lipinski definition) is 3. The third-order valence-electron chi connectivity index (χ3n) is 2.14. The summed E-state index contributed by atoms with van der Waals surface area (Å²) in [5.74, 6) is 0. The molecule has 0 aromatic carbocycles. The van der Waals surface area contributed by atoms with E-state index in [9.17, 15) is 12.8 Å². The van der Waals surface area contributed by atoms with Gasteiger partial charge in [-0.3, -0.25) is 12.8 Å². The van der Waals surface area contributed by atoms with Crippen molar-refractivity contribution in [3.8, 4) is 0 Å². The summed E-state index contributed by atoms with van der Waals surface area (Å²) in [6.07, 6.45) is 0.307. The van der Waals surface area contributed by atoms with Gasteiger partial charge in [0.1, 0.15) is 0 Å². The van der Waals surface area contributed by atoms with Crippen LogP contribution in [-0.4, -0.2) is 28.1 Å². The first-order chi connectivity index (χ1) is 7.39. The van der Waals surface area contributed by atoms with Crippen molar-refractivity contribution < 1.29 is 21.8 Å². The van der Waals surface area contributed by atoms with E-state index in [0.29, 0.717) is 0 Å². The molecule has 0 saturated heterocycles. The average Bonchev–Trinajstić information content (AvgIpc) is 2.18. The zero-order valence-corrected chi connectivity index (χ0v) is 12.1. The normalized spacial score (nSPS) is 13.1. The maximum absolute atomic E-state index is 13.1. The van der Waals surface area contributed by atoms with Crippen LogP contribution >= 0.6 is 7.60 Å². The molecule has 0 heterocycles. The highest BCUT2D eigenvalue weighted by molar-refractivity contribution is 7.53. The lowest BCUT2D eigenvalue weighted by Crippen LogP contribution is -2.20. The average molecular weight is 274 g/mol. The van der Waals surface area contributed by atoms with E-state index in [1.54, 1.807) is 13.8 Å². The van der Waals surface area contributed by atoms with Crippen LogP contribution in [0.15, 0.2) is 0 Å². The molecule has 0 amide bonds. The molecule has 0 bridgehead atoms. The summed E-state index contributed by atoms with van der Waals surface area (Å²) in [5.41, 5.74) is 0. The van der Waals surface area contributed by atoms with E-state index in [1.165, 1.54) is 6.92 Å². The van der Waals surface area contributed by atoms with Crippen LogP contribution in [0.1, 0.15) is 27.2 Å². The van der Waals surface area contributed by atoms with Crippen molar-refractivity contribution in [2.75, 3.05) is 19.4 Å². The highest BCUT2D eigenvalue weighted by atomic mass is 31.2. The molecule has 0 aliphatic heterocycles. The fourth-order valence-corrected chi connectivity index (χ4v) is 4.28. The lowest BCUT2D eigenvalue weighted by atomic mass is 10.6. The van der Waals surface area contributed by atoms with Crippen molar-refractivity contribution in [2.24, 2.45) is 0 Å². The topological polar surface area (TPSA) is 35.5 Å². The van der Waals surface area contributed by atoms with Gasteiger partial charge in [-0.05, 0) is 32.4 Å². The van der Waals surface area contributed by atoms with Crippen molar-refractivity contribution in [3.05, 3.63) is 0 Å². The first-order valence-corrected chi connectivity index (χ1v) is 9.55. The maximum Gasteiger partial charge on any atom is 0.424 e. The Balaban J connectivity index is 4.08. The molecule has 16 heavy (non-hydrogen) atoms. The van der Waals surface area contributed by atoms with E-state index in [2.05, 4.69) is 0 Å². The number of halogens is 2. The van der Waals surface area contributed by atoms with Crippen LogP contribution in [0.25, 0.3) is 0 Å². The number of rotatable bonds is 9. The largest absolute Gasteiger partial charge is 0.424 e. The van der Waals surface area contributed by atoms with Crippen LogP contribution < -0.4 is 0 Å². The summed E-state index contributed by atoms with van der Waals surface area (Å²) < 4.78 is 48.1. The van der Waals surface area contributed by atoms with Gasteiger partial charge < -0.3 is 9.05 Å². The third-order valence-corrected chi connectivity index (χ3v) is 6.43. The van der Waals surface area contributed by atoms with Crippen LogP contribution in [0.5, 0.6) is 0 Å². The summed E-state index contributed by atoms with van der Waals surface area (Å²) in [7, 11) is -7.18. The molecule has 0 rings (SSSR count). The fourth-order valence-electron chi connectivity index (χ4n) is 1.27. The highest BCUT2D eigenvalue weighted by Gasteiger charge is 2.33. The first kappa shape index (κ1) is 16.2. The SMILES string of the molecule is CCOP(=O)(CCC[Si](F)(F)CC)OCC. The van der Waals surface area contributed by atoms with Gasteiger partial charge in [0, 0.05) is 0 Å². The molecule has 0 aromatic rings. The van der Waals surface area contributed by atoms with Crippen molar-refractivity contribution in [1.29, 1.82) is 0 Å². The molecular formula is C9H21F2O3PSi. The molecule has 0 aliphatic rings. The molecule has 0 unspecified atom stereocenters. The molecule has 7 heteroatoms. The van der Waals surface area contributed by atoms with Gasteiger partial charge in [-0.15, -0.1) is 0 Å². The summed E-state index contributed by atoms with van der Waals surface area (Å²) in [5, 5.41) is 0. The molecule has 0 aliphatic carbocycles. The summed E-state index contributed by atoms with van der Waals surface area (Å²) in [6.45, 7) is 5.47. The Kier molecular flexibility index (Phi) is 7.64. The second-order valence-electron chi connectivity index (χ2n) is 3.48. The van der Waals surface area contributed by atoms with Crippen molar-refractivity contribution in [2.45, 2.75) is 39.3 Å². The van der Waals surface area contributed by atoms with E-state index in [-0.39, 0.29) is 37.9 Å². The van der Waals surface area contributed by atoms with E-state index in [0.717, 1.165) is 0 Å². The molecule has 98 valence electrons. The molecule has 0 N–H and O–H groups in total. The lowest BCUT2D eigenvalue weighted by Gasteiger charge is -2.17. The summed E-state index contributed by atoms with van der Waals surface area (Å²) >= 11 is 0.